The molecule has 5 rings (SSSR count). The highest BCUT2D eigenvalue weighted by Gasteiger charge is 2.34. The average molecular weight is 553 g/mol. The van der Waals surface area contributed by atoms with Crippen molar-refractivity contribution in [1.29, 1.82) is 0 Å². The lowest BCUT2D eigenvalue weighted by Crippen LogP contribution is -2.45. The Kier molecular flexibility index (Phi) is 7.39. The number of benzene rings is 2. The third-order valence-corrected chi connectivity index (χ3v) is 6.67. The van der Waals surface area contributed by atoms with Crippen molar-refractivity contribution in [1.82, 2.24) is 24.8 Å². The number of aryl methyl sites for hydroxylation is 1. The van der Waals surface area contributed by atoms with Crippen LogP contribution in [0.25, 0.3) is 11.0 Å². The molecule has 0 atom stereocenters. The molecule has 2 aromatic carbocycles. The van der Waals surface area contributed by atoms with Crippen LogP contribution in [0, 0.1) is 6.92 Å². The fourth-order valence-corrected chi connectivity index (χ4v) is 4.33. The van der Waals surface area contributed by atoms with Gasteiger partial charge < -0.3 is 25.2 Å². The second kappa shape index (κ2) is 10.9. The number of carbonyl (C=O) groups excluding carboxylic acids is 1. The average Bonchev–Trinajstić information content (AvgIpc) is 2.94. The molecule has 1 aliphatic rings. The van der Waals surface area contributed by atoms with Crippen LogP contribution in [-0.2, 0) is 6.18 Å². The Morgan fingerprint density at radius 3 is 2.52 bits per heavy atom. The zero-order chi connectivity index (χ0) is 28.4. The van der Waals surface area contributed by atoms with Crippen LogP contribution in [0.3, 0.4) is 0 Å². The van der Waals surface area contributed by atoms with Crippen molar-refractivity contribution >= 4 is 40.1 Å². The lowest BCUT2D eigenvalue weighted by Gasteiger charge is -2.32. The first-order valence-corrected chi connectivity index (χ1v) is 12.5. The molecule has 0 radical (unpaired) electrons. The lowest BCUT2D eigenvalue weighted by atomic mass is 10.1. The summed E-state index contributed by atoms with van der Waals surface area (Å²) in [6.07, 6.45) is -1.58. The van der Waals surface area contributed by atoms with Gasteiger partial charge in [-0.15, -0.1) is 0 Å². The number of amides is 1. The van der Waals surface area contributed by atoms with E-state index in [-0.39, 0.29) is 17.0 Å². The van der Waals surface area contributed by atoms with Gasteiger partial charge in [0.1, 0.15) is 23.1 Å². The highest BCUT2D eigenvalue weighted by molar-refractivity contribution is 6.05. The van der Waals surface area contributed by atoms with Gasteiger partial charge in [0.15, 0.2) is 5.82 Å². The molecule has 208 valence electrons. The zero-order valence-corrected chi connectivity index (χ0v) is 22.1. The number of nitrogens with one attached hydrogen (secondary N) is 2. The van der Waals surface area contributed by atoms with E-state index in [0.29, 0.717) is 28.5 Å². The molecule has 3 heterocycles. The van der Waals surface area contributed by atoms with Crippen LogP contribution in [0.4, 0.5) is 36.3 Å². The largest absolute Gasteiger partial charge is 0.496 e. The topological polar surface area (TPSA) is 108 Å². The molecule has 0 aliphatic carbocycles. The molecule has 13 heteroatoms. The summed E-state index contributed by atoms with van der Waals surface area (Å²) < 4.78 is 45.1. The zero-order valence-electron chi connectivity index (χ0n) is 22.1. The second-order valence-corrected chi connectivity index (χ2v) is 9.44. The van der Waals surface area contributed by atoms with Crippen molar-refractivity contribution < 1.29 is 22.7 Å². The van der Waals surface area contributed by atoms with Crippen molar-refractivity contribution in [2.24, 2.45) is 0 Å². The van der Waals surface area contributed by atoms with Gasteiger partial charge in [-0.05, 0) is 49.9 Å². The molecule has 0 unspecified atom stereocenters. The Labute approximate surface area is 228 Å². The van der Waals surface area contributed by atoms with E-state index in [1.165, 1.54) is 18.5 Å². The third kappa shape index (κ3) is 5.73. The molecule has 40 heavy (non-hydrogen) atoms. The smallest absolute Gasteiger partial charge is 0.420 e. The van der Waals surface area contributed by atoms with Crippen LogP contribution in [0.5, 0.6) is 5.75 Å². The van der Waals surface area contributed by atoms with Crippen LogP contribution in [0.2, 0.25) is 0 Å². The molecule has 0 spiro atoms. The number of alkyl halides is 3. The Morgan fingerprint density at radius 1 is 1.02 bits per heavy atom. The third-order valence-electron chi connectivity index (χ3n) is 6.67. The Morgan fingerprint density at radius 2 is 1.80 bits per heavy atom. The van der Waals surface area contributed by atoms with Gasteiger partial charge in [-0.2, -0.15) is 13.2 Å². The van der Waals surface area contributed by atoms with Crippen LogP contribution in [0.15, 0.2) is 48.9 Å². The molecule has 0 bridgehead atoms. The number of fused-ring (bicyclic) bond motifs is 1. The number of ether oxygens (including phenoxy) is 1. The van der Waals surface area contributed by atoms with Gasteiger partial charge in [0.2, 0.25) is 5.95 Å². The molecule has 0 saturated carbocycles. The summed E-state index contributed by atoms with van der Waals surface area (Å²) in [4.78, 5) is 35.2. The maximum Gasteiger partial charge on any atom is 0.420 e. The van der Waals surface area contributed by atoms with Gasteiger partial charge >= 0.3 is 6.18 Å². The molecule has 4 aromatic rings. The molecule has 1 fully saturated rings. The predicted octanol–water partition coefficient (Wildman–Crippen LogP) is 4.50. The number of carbonyl (C=O) groups is 1. The van der Waals surface area contributed by atoms with Crippen molar-refractivity contribution in [3.63, 3.8) is 0 Å². The van der Waals surface area contributed by atoms with Crippen molar-refractivity contribution in [3.05, 3.63) is 65.6 Å². The minimum atomic E-state index is -4.64. The van der Waals surface area contributed by atoms with Gasteiger partial charge in [-0.3, -0.25) is 4.79 Å². The van der Waals surface area contributed by atoms with Crippen LogP contribution < -0.4 is 20.3 Å². The first kappa shape index (κ1) is 27.1. The Hall–Kier alpha value is -4.52. The molecule has 1 saturated heterocycles. The maximum absolute atomic E-state index is 13.4. The van der Waals surface area contributed by atoms with Crippen LogP contribution in [0.1, 0.15) is 21.5 Å². The summed E-state index contributed by atoms with van der Waals surface area (Å²) in [6, 6.07) is 8.30. The van der Waals surface area contributed by atoms with Gasteiger partial charge in [0, 0.05) is 43.1 Å². The van der Waals surface area contributed by atoms with Crippen LogP contribution in [-0.4, -0.2) is 71.1 Å². The van der Waals surface area contributed by atoms with E-state index in [0.717, 1.165) is 44.9 Å². The number of aromatic nitrogens is 4. The van der Waals surface area contributed by atoms with Gasteiger partial charge in [0.25, 0.3) is 5.91 Å². The van der Waals surface area contributed by atoms with Crippen LogP contribution >= 0.6 is 0 Å². The fraction of sp³-hybridized carbons (Fsp3) is 0.296. The van der Waals surface area contributed by atoms with E-state index in [9.17, 15) is 18.0 Å². The number of methoxy groups -OCH3 is 1. The number of halogens is 3. The van der Waals surface area contributed by atoms with Crippen molar-refractivity contribution in [2.75, 3.05) is 55.9 Å². The summed E-state index contributed by atoms with van der Waals surface area (Å²) in [5.41, 5.74) is 1.73. The first-order chi connectivity index (χ1) is 19.1. The first-order valence-electron chi connectivity index (χ1n) is 12.5. The summed E-state index contributed by atoms with van der Waals surface area (Å²) in [6.45, 7) is 5.26. The molecular formula is C27H27F3N8O2. The number of nitrogens with zero attached hydrogens (tertiary/aromatic N) is 6. The summed E-state index contributed by atoms with van der Waals surface area (Å²) in [5, 5.41) is 5.77. The molecule has 1 amide bonds. The molecule has 2 aromatic heterocycles. The van der Waals surface area contributed by atoms with Crippen molar-refractivity contribution in [3.8, 4) is 5.75 Å². The Balaban J connectivity index is 1.40. The number of likely N-dealkylation sites (N-methyl/N-ethyl adjacent to an activating group) is 1. The second-order valence-electron chi connectivity index (χ2n) is 9.44. The van der Waals surface area contributed by atoms with E-state index in [2.05, 4.69) is 42.4 Å². The maximum atomic E-state index is 13.4. The molecule has 2 N–H and O–H groups in total. The minimum Gasteiger partial charge on any atom is -0.496 e. The van der Waals surface area contributed by atoms with Gasteiger partial charge in [0.05, 0.1) is 18.9 Å². The van der Waals surface area contributed by atoms with E-state index < -0.39 is 17.6 Å². The monoisotopic (exact) mass is 552 g/mol. The van der Waals surface area contributed by atoms with E-state index in [1.807, 2.05) is 6.92 Å². The number of hydrogen-bond acceptors (Lipinski definition) is 9. The van der Waals surface area contributed by atoms with Crippen molar-refractivity contribution in [2.45, 2.75) is 13.1 Å². The molecular weight excluding hydrogens is 525 g/mol. The normalized spacial score (nSPS) is 14.3. The highest BCUT2D eigenvalue weighted by Crippen LogP contribution is 2.38. The minimum absolute atomic E-state index is 0.0110. The molecule has 10 nitrogen and oxygen atoms in total. The Bertz CT molecular complexity index is 1560. The van der Waals surface area contributed by atoms with Gasteiger partial charge in [-0.1, -0.05) is 6.07 Å². The van der Waals surface area contributed by atoms with E-state index in [4.69, 9.17) is 9.72 Å². The number of rotatable bonds is 6. The van der Waals surface area contributed by atoms with E-state index in [1.54, 1.807) is 24.4 Å². The summed E-state index contributed by atoms with van der Waals surface area (Å²) >= 11 is 0. The number of hydrogen-bond donors (Lipinski definition) is 2. The van der Waals surface area contributed by atoms with Gasteiger partial charge in [-0.25, -0.2) is 19.9 Å². The quantitative estimate of drug-likeness (QED) is 0.357. The van der Waals surface area contributed by atoms with E-state index >= 15 is 0 Å². The fourth-order valence-electron chi connectivity index (χ4n) is 4.33. The summed E-state index contributed by atoms with van der Waals surface area (Å²) in [5.74, 6) is 0.118. The summed E-state index contributed by atoms with van der Waals surface area (Å²) in [7, 11) is 3.23. The molecule has 1 aliphatic heterocycles. The number of anilines is 4. The number of piperazine rings is 1. The highest BCUT2D eigenvalue weighted by atomic mass is 19.4. The predicted molar refractivity (Wildman–Crippen MR) is 145 cm³/mol. The standard InChI is InChI=1S/C27H27F3N8O2/c1-16-4-5-17(25(39)34-18-6-7-22(40-3)19(13-18)27(28,29)30)12-20(16)35-24-23-21(32-15-33-24)14-31-26(36-23)38-10-8-37(2)9-11-38/h4-7,12-15H,8-11H2,1-3H3,(H,34,39)(H,32,33,35). The SMILES string of the molecule is COc1ccc(NC(=O)c2ccc(C)c(Nc3ncnc4cnc(N5CCN(C)CC5)nc34)c2)cc1C(F)(F)F. The lowest BCUT2D eigenvalue weighted by molar-refractivity contribution is -0.138.